The van der Waals surface area contributed by atoms with Crippen LogP contribution in [-0.2, 0) is 11.2 Å². The lowest BCUT2D eigenvalue weighted by Gasteiger charge is -2.17. The summed E-state index contributed by atoms with van der Waals surface area (Å²) in [5, 5.41) is 9.98. The van der Waals surface area contributed by atoms with Crippen LogP contribution in [0.15, 0.2) is 30.3 Å². The summed E-state index contributed by atoms with van der Waals surface area (Å²) in [4.78, 5) is 11.2. The van der Waals surface area contributed by atoms with Gasteiger partial charge in [-0.25, -0.2) is 13.2 Å². The average Bonchev–Trinajstić information content (AvgIpc) is 2.85. The number of carbonyl (C=O) groups is 1. The van der Waals surface area contributed by atoms with Crippen LogP contribution in [0.25, 0.3) is 10.9 Å². The number of benzene rings is 2. The van der Waals surface area contributed by atoms with Crippen LogP contribution in [0.1, 0.15) is 23.1 Å². The van der Waals surface area contributed by atoms with Crippen LogP contribution in [0.4, 0.5) is 13.2 Å². The number of ether oxygens (including phenoxy) is 1. The molecular formula is C19H15ClF3NO3. The Kier molecular flexibility index (Phi) is 5.06. The Bertz CT molecular complexity index is 1050. The molecule has 0 amide bonds. The highest BCUT2D eigenvalue weighted by Crippen LogP contribution is 2.37. The molecule has 0 bridgehead atoms. The third-order valence-corrected chi connectivity index (χ3v) is 4.67. The zero-order chi connectivity index (χ0) is 19.9. The third kappa shape index (κ3) is 3.23. The second-order valence-electron chi connectivity index (χ2n) is 5.99. The molecule has 3 rings (SSSR count). The third-order valence-electron chi connectivity index (χ3n) is 4.44. The number of hydrogen-bond acceptors (Lipinski definition) is 2. The Morgan fingerprint density at radius 2 is 2.00 bits per heavy atom. The molecule has 0 aliphatic rings. The summed E-state index contributed by atoms with van der Waals surface area (Å²) in [5.41, 5.74) is 0.581. The molecule has 0 aliphatic heterocycles. The van der Waals surface area contributed by atoms with Crippen LogP contribution in [0.5, 0.6) is 5.75 Å². The number of aromatic nitrogens is 1. The SMILES string of the molecule is COc1c(F)ccc(C(F)n2c(C)c(CC(=O)O)c3ccc(Cl)cc32)c1F. The van der Waals surface area contributed by atoms with Crippen LogP contribution >= 0.6 is 11.6 Å². The van der Waals surface area contributed by atoms with E-state index < -0.39 is 35.2 Å². The molecule has 0 saturated heterocycles. The van der Waals surface area contributed by atoms with Gasteiger partial charge in [0.2, 0.25) is 6.30 Å². The molecule has 0 fully saturated rings. The van der Waals surface area contributed by atoms with Crippen molar-refractivity contribution in [2.24, 2.45) is 0 Å². The van der Waals surface area contributed by atoms with E-state index in [2.05, 4.69) is 4.74 Å². The van der Waals surface area contributed by atoms with Crippen LogP contribution in [0, 0.1) is 18.6 Å². The molecule has 3 aromatic rings. The highest BCUT2D eigenvalue weighted by atomic mass is 35.5. The van der Waals surface area contributed by atoms with Crippen molar-refractivity contribution in [3.63, 3.8) is 0 Å². The smallest absolute Gasteiger partial charge is 0.307 e. The molecule has 1 atom stereocenters. The molecular weight excluding hydrogens is 383 g/mol. The molecule has 4 nitrogen and oxygen atoms in total. The molecule has 0 spiro atoms. The van der Waals surface area contributed by atoms with Gasteiger partial charge in [-0.15, -0.1) is 0 Å². The summed E-state index contributed by atoms with van der Waals surface area (Å²) in [6.45, 7) is 1.54. The standard InChI is InChI=1S/C19H15ClF3NO3/c1-9-13(8-16(25)26)11-4-3-10(20)7-15(11)24(9)19(23)12-5-6-14(21)18(27-2)17(12)22/h3-7,19H,8H2,1-2H3,(H,25,26). The molecule has 0 aliphatic carbocycles. The zero-order valence-corrected chi connectivity index (χ0v) is 15.1. The summed E-state index contributed by atoms with van der Waals surface area (Å²) < 4.78 is 49.4. The molecule has 1 aromatic heterocycles. The van der Waals surface area contributed by atoms with Gasteiger partial charge in [0.15, 0.2) is 17.4 Å². The fraction of sp³-hybridized carbons (Fsp3) is 0.211. The van der Waals surface area contributed by atoms with Gasteiger partial charge in [-0.1, -0.05) is 17.7 Å². The zero-order valence-electron chi connectivity index (χ0n) is 14.4. The van der Waals surface area contributed by atoms with Crippen molar-refractivity contribution in [1.82, 2.24) is 4.57 Å². The van der Waals surface area contributed by atoms with Crippen LogP contribution < -0.4 is 4.74 Å². The molecule has 1 N–H and O–H groups in total. The topological polar surface area (TPSA) is 51.5 Å². The number of nitrogens with zero attached hydrogens (tertiary/aromatic N) is 1. The second-order valence-corrected chi connectivity index (χ2v) is 6.42. The Hall–Kier alpha value is -2.67. The van der Waals surface area contributed by atoms with E-state index in [1.807, 2.05) is 0 Å². The van der Waals surface area contributed by atoms with E-state index in [4.69, 9.17) is 16.7 Å². The first-order chi connectivity index (χ1) is 12.8. The predicted octanol–water partition coefficient (Wildman–Crippen LogP) is 5.03. The fourth-order valence-electron chi connectivity index (χ4n) is 3.20. The number of fused-ring (bicyclic) bond motifs is 1. The van der Waals surface area contributed by atoms with Crippen molar-refractivity contribution in [2.45, 2.75) is 19.6 Å². The van der Waals surface area contributed by atoms with Crippen molar-refractivity contribution < 1.29 is 27.8 Å². The van der Waals surface area contributed by atoms with Crippen molar-refractivity contribution >= 4 is 28.5 Å². The van der Waals surface area contributed by atoms with Gasteiger partial charge in [0, 0.05) is 21.7 Å². The first-order valence-corrected chi connectivity index (χ1v) is 8.30. The minimum Gasteiger partial charge on any atom is -0.491 e. The van der Waals surface area contributed by atoms with Gasteiger partial charge in [0.1, 0.15) is 0 Å². The number of hydrogen-bond donors (Lipinski definition) is 1. The lowest BCUT2D eigenvalue weighted by molar-refractivity contribution is -0.136. The average molecular weight is 398 g/mol. The molecule has 1 heterocycles. The minimum atomic E-state index is -2.04. The molecule has 0 radical (unpaired) electrons. The summed E-state index contributed by atoms with van der Waals surface area (Å²) in [7, 11) is 1.08. The van der Waals surface area contributed by atoms with Gasteiger partial charge in [0.05, 0.1) is 19.0 Å². The first-order valence-electron chi connectivity index (χ1n) is 7.93. The number of methoxy groups -OCH3 is 1. The van der Waals surface area contributed by atoms with Crippen LogP contribution in [0.3, 0.4) is 0 Å². The van der Waals surface area contributed by atoms with Crippen molar-refractivity contribution in [3.8, 4) is 5.75 Å². The van der Waals surface area contributed by atoms with E-state index in [0.29, 0.717) is 27.2 Å². The Balaban J connectivity index is 2.26. The molecule has 1 unspecified atom stereocenters. The largest absolute Gasteiger partial charge is 0.491 e. The van der Waals surface area contributed by atoms with Gasteiger partial charge in [-0.05, 0) is 36.8 Å². The van der Waals surface area contributed by atoms with E-state index in [1.54, 1.807) is 12.1 Å². The van der Waals surface area contributed by atoms with Crippen molar-refractivity contribution in [1.29, 1.82) is 0 Å². The maximum absolute atomic E-state index is 15.4. The van der Waals surface area contributed by atoms with E-state index in [-0.39, 0.29) is 6.42 Å². The Morgan fingerprint density at radius 3 is 2.63 bits per heavy atom. The maximum Gasteiger partial charge on any atom is 0.307 e. The Labute approximate surface area is 157 Å². The maximum atomic E-state index is 15.4. The number of carboxylic acid groups (broad SMARTS) is 1. The minimum absolute atomic E-state index is 0.310. The molecule has 0 saturated carbocycles. The number of alkyl halides is 1. The van der Waals surface area contributed by atoms with Gasteiger partial charge in [-0.2, -0.15) is 0 Å². The summed E-state index contributed by atoms with van der Waals surface area (Å²) in [5.74, 6) is -3.88. The lowest BCUT2D eigenvalue weighted by Crippen LogP contribution is -2.11. The van der Waals surface area contributed by atoms with E-state index in [1.165, 1.54) is 13.0 Å². The van der Waals surface area contributed by atoms with E-state index >= 15 is 4.39 Å². The number of halogens is 4. The summed E-state index contributed by atoms with van der Waals surface area (Å²) in [6, 6.07) is 6.53. The highest BCUT2D eigenvalue weighted by molar-refractivity contribution is 6.31. The molecule has 8 heteroatoms. The quantitative estimate of drug-likeness (QED) is 0.656. The van der Waals surface area contributed by atoms with E-state index in [0.717, 1.165) is 23.8 Å². The van der Waals surface area contributed by atoms with Gasteiger partial charge in [0.25, 0.3) is 0 Å². The van der Waals surface area contributed by atoms with Crippen molar-refractivity contribution in [3.05, 3.63) is 63.8 Å². The Morgan fingerprint density at radius 1 is 1.30 bits per heavy atom. The molecule has 142 valence electrons. The molecule has 2 aromatic carbocycles. The van der Waals surface area contributed by atoms with Crippen molar-refractivity contribution in [2.75, 3.05) is 7.11 Å². The predicted molar refractivity (Wildman–Crippen MR) is 95.2 cm³/mol. The number of rotatable bonds is 5. The van der Waals surface area contributed by atoms with Gasteiger partial charge >= 0.3 is 5.97 Å². The first kappa shape index (κ1) is 19.1. The van der Waals surface area contributed by atoms with Crippen LogP contribution in [-0.4, -0.2) is 22.8 Å². The van der Waals surface area contributed by atoms with Gasteiger partial charge < -0.3 is 14.4 Å². The normalized spacial score (nSPS) is 12.4. The van der Waals surface area contributed by atoms with Gasteiger partial charge in [-0.3, -0.25) is 4.79 Å². The monoisotopic (exact) mass is 397 g/mol. The summed E-state index contributed by atoms with van der Waals surface area (Å²) in [6.07, 6.45) is -2.37. The number of carboxylic acids is 1. The fourth-order valence-corrected chi connectivity index (χ4v) is 3.37. The summed E-state index contributed by atoms with van der Waals surface area (Å²) >= 11 is 6.01. The molecule has 27 heavy (non-hydrogen) atoms. The van der Waals surface area contributed by atoms with Crippen LogP contribution in [0.2, 0.25) is 5.02 Å². The van der Waals surface area contributed by atoms with E-state index in [9.17, 15) is 13.6 Å². The lowest BCUT2D eigenvalue weighted by atomic mass is 10.1. The number of aliphatic carboxylic acids is 1. The second kappa shape index (κ2) is 7.15. The highest BCUT2D eigenvalue weighted by Gasteiger charge is 2.27.